The molecular weight excluding hydrogens is 326 g/mol. The van der Waals surface area contributed by atoms with Crippen molar-refractivity contribution in [3.63, 3.8) is 0 Å². The average molecular weight is 349 g/mol. The lowest BCUT2D eigenvalue weighted by Crippen LogP contribution is -2.38. The zero-order valence-electron chi connectivity index (χ0n) is 14.3. The molecular formula is C18H23NO4S. The third-order valence-corrected chi connectivity index (χ3v) is 5.53. The van der Waals surface area contributed by atoms with E-state index in [9.17, 15) is 13.5 Å². The molecule has 5 nitrogen and oxygen atoms in total. The standard InChI is InChI=1S/C18H23NO4S/c1-13-11-17(14(2)10-16(13)23-4)24(21,22)19-12-18(3,20)15-8-6-5-7-9-15/h5-11,19-20H,12H2,1-4H3. The van der Waals surface area contributed by atoms with E-state index in [1.54, 1.807) is 64.3 Å². The molecule has 0 fully saturated rings. The second-order valence-corrected chi connectivity index (χ2v) is 7.79. The van der Waals surface area contributed by atoms with Crippen LogP contribution in [0.1, 0.15) is 23.6 Å². The first-order valence-corrected chi connectivity index (χ1v) is 9.08. The van der Waals surface area contributed by atoms with Gasteiger partial charge in [-0.1, -0.05) is 30.3 Å². The predicted molar refractivity (Wildman–Crippen MR) is 93.7 cm³/mol. The number of rotatable bonds is 6. The number of hydrogen-bond acceptors (Lipinski definition) is 4. The first-order chi connectivity index (χ1) is 11.2. The number of hydrogen-bond donors (Lipinski definition) is 2. The molecule has 0 aliphatic carbocycles. The number of ether oxygens (including phenoxy) is 1. The van der Waals surface area contributed by atoms with E-state index in [-0.39, 0.29) is 11.4 Å². The van der Waals surface area contributed by atoms with E-state index in [1.807, 2.05) is 6.07 Å². The minimum absolute atomic E-state index is 0.121. The predicted octanol–water partition coefficient (Wildman–Crippen LogP) is 2.50. The van der Waals surface area contributed by atoms with Gasteiger partial charge in [0.2, 0.25) is 10.0 Å². The van der Waals surface area contributed by atoms with Crippen LogP contribution >= 0.6 is 0 Å². The van der Waals surface area contributed by atoms with Crippen LogP contribution in [0.25, 0.3) is 0 Å². The molecule has 0 bridgehead atoms. The van der Waals surface area contributed by atoms with Crippen LogP contribution in [0.2, 0.25) is 0 Å². The van der Waals surface area contributed by atoms with Crippen molar-refractivity contribution in [3.05, 3.63) is 59.2 Å². The highest BCUT2D eigenvalue weighted by molar-refractivity contribution is 7.89. The summed E-state index contributed by atoms with van der Waals surface area (Å²) in [5.74, 6) is 0.641. The molecule has 130 valence electrons. The minimum Gasteiger partial charge on any atom is -0.496 e. The van der Waals surface area contributed by atoms with Crippen molar-refractivity contribution in [1.29, 1.82) is 0 Å². The first-order valence-electron chi connectivity index (χ1n) is 7.60. The van der Waals surface area contributed by atoms with Gasteiger partial charge in [0.1, 0.15) is 11.4 Å². The second-order valence-electron chi connectivity index (χ2n) is 6.05. The van der Waals surface area contributed by atoms with Crippen LogP contribution < -0.4 is 9.46 Å². The van der Waals surface area contributed by atoms with Crippen molar-refractivity contribution >= 4 is 10.0 Å². The number of benzene rings is 2. The number of aliphatic hydroxyl groups is 1. The molecule has 0 aliphatic heterocycles. The van der Waals surface area contributed by atoms with Gasteiger partial charge in [-0.05, 0) is 49.6 Å². The number of aryl methyl sites for hydroxylation is 2. The smallest absolute Gasteiger partial charge is 0.240 e. The maximum Gasteiger partial charge on any atom is 0.240 e. The monoisotopic (exact) mass is 349 g/mol. The fourth-order valence-corrected chi connectivity index (χ4v) is 3.93. The van der Waals surface area contributed by atoms with Gasteiger partial charge in [-0.2, -0.15) is 0 Å². The van der Waals surface area contributed by atoms with Crippen LogP contribution in [0.4, 0.5) is 0 Å². The molecule has 0 heterocycles. The summed E-state index contributed by atoms with van der Waals surface area (Å²) in [6.07, 6.45) is 0. The molecule has 0 saturated heterocycles. The van der Waals surface area contributed by atoms with E-state index < -0.39 is 15.6 Å². The molecule has 2 N–H and O–H groups in total. The minimum atomic E-state index is -3.75. The third-order valence-electron chi connectivity index (χ3n) is 3.98. The number of nitrogens with one attached hydrogen (secondary N) is 1. The Hall–Kier alpha value is -1.89. The second kappa shape index (κ2) is 6.93. The van der Waals surface area contributed by atoms with Crippen LogP contribution in [-0.2, 0) is 15.6 Å². The van der Waals surface area contributed by atoms with Crippen LogP contribution in [0.3, 0.4) is 0 Å². The SMILES string of the molecule is COc1cc(C)c(S(=O)(=O)NCC(C)(O)c2ccccc2)cc1C. The molecule has 2 aromatic rings. The van der Waals surface area contributed by atoms with E-state index in [0.717, 1.165) is 5.56 Å². The summed E-state index contributed by atoms with van der Waals surface area (Å²) < 4.78 is 33.0. The number of sulfonamides is 1. The van der Waals surface area contributed by atoms with Crippen LogP contribution in [0.15, 0.2) is 47.4 Å². The highest BCUT2D eigenvalue weighted by Crippen LogP contribution is 2.26. The maximum atomic E-state index is 12.6. The van der Waals surface area contributed by atoms with Gasteiger partial charge in [-0.25, -0.2) is 13.1 Å². The van der Waals surface area contributed by atoms with Gasteiger partial charge < -0.3 is 9.84 Å². The van der Waals surface area contributed by atoms with E-state index >= 15 is 0 Å². The van der Waals surface area contributed by atoms with Gasteiger partial charge in [0.15, 0.2) is 0 Å². The van der Waals surface area contributed by atoms with Gasteiger partial charge in [-0.3, -0.25) is 0 Å². The molecule has 1 unspecified atom stereocenters. The van der Waals surface area contributed by atoms with Gasteiger partial charge >= 0.3 is 0 Å². The normalized spacial score (nSPS) is 14.2. The Labute approximate surface area is 143 Å². The molecule has 0 aromatic heterocycles. The van der Waals surface area contributed by atoms with Crippen molar-refractivity contribution in [2.45, 2.75) is 31.3 Å². The summed E-state index contributed by atoms with van der Waals surface area (Å²) in [4.78, 5) is 0.185. The van der Waals surface area contributed by atoms with E-state index in [1.165, 1.54) is 0 Å². The highest BCUT2D eigenvalue weighted by atomic mass is 32.2. The fraction of sp³-hybridized carbons (Fsp3) is 0.333. The van der Waals surface area contributed by atoms with E-state index in [0.29, 0.717) is 16.9 Å². The zero-order valence-corrected chi connectivity index (χ0v) is 15.1. The average Bonchev–Trinajstić information content (AvgIpc) is 2.55. The van der Waals surface area contributed by atoms with Crippen molar-refractivity contribution in [3.8, 4) is 5.75 Å². The van der Waals surface area contributed by atoms with E-state index in [4.69, 9.17) is 4.74 Å². The topological polar surface area (TPSA) is 75.6 Å². The lowest BCUT2D eigenvalue weighted by Gasteiger charge is -2.24. The van der Waals surface area contributed by atoms with Crippen LogP contribution in [-0.4, -0.2) is 27.2 Å². The fourth-order valence-electron chi connectivity index (χ4n) is 2.49. The number of methoxy groups -OCH3 is 1. The highest BCUT2D eigenvalue weighted by Gasteiger charge is 2.27. The molecule has 0 spiro atoms. The Morgan fingerprint density at radius 1 is 1.12 bits per heavy atom. The summed E-state index contributed by atoms with van der Waals surface area (Å²) in [6, 6.07) is 12.2. The Bertz CT molecular complexity index is 814. The summed E-state index contributed by atoms with van der Waals surface area (Å²) in [7, 11) is -2.20. The molecule has 0 radical (unpaired) electrons. The van der Waals surface area contributed by atoms with Gasteiger partial charge in [0.25, 0.3) is 0 Å². The Kier molecular flexibility index (Phi) is 5.32. The lowest BCUT2D eigenvalue weighted by molar-refractivity contribution is 0.0627. The Morgan fingerprint density at radius 2 is 1.75 bits per heavy atom. The molecule has 24 heavy (non-hydrogen) atoms. The summed E-state index contributed by atoms with van der Waals surface area (Å²) in [5, 5.41) is 10.6. The quantitative estimate of drug-likeness (QED) is 0.840. The van der Waals surface area contributed by atoms with Crippen molar-refractivity contribution in [2.24, 2.45) is 0 Å². The largest absolute Gasteiger partial charge is 0.496 e. The lowest BCUT2D eigenvalue weighted by atomic mass is 9.97. The van der Waals surface area contributed by atoms with Crippen molar-refractivity contribution in [2.75, 3.05) is 13.7 Å². The molecule has 6 heteroatoms. The van der Waals surface area contributed by atoms with Gasteiger partial charge in [-0.15, -0.1) is 0 Å². The van der Waals surface area contributed by atoms with Crippen LogP contribution in [0.5, 0.6) is 5.75 Å². The maximum absolute atomic E-state index is 12.6. The van der Waals surface area contributed by atoms with Crippen molar-refractivity contribution in [1.82, 2.24) is 4.72 Å². The molecule has 0 amide bonds. The molecule has 2 rings (SSSR count). The Morgan fingerprint density at radius 3 is 2.33 bits per heavy atom. The Balaban J connectivity index is 2.25. The van der Waals surface area contributed by atoms with Crippen molar-refractivity contribution < 1.29 is 18.3 Å². The molecule has 0 aliphatic rings. The molecule has 0 saturated carbocycles. The zero-order chi connectivity index (χ0) is 18.0. The molecule has 1 atom stereocenters. The van der Waals surface area contributed by atoms with Gasteiger partial charge in [0.05, 0.1) is 12.0 Å². The summed E-state index contributed by atoms with van der Waals surface area (Å²) in [6.45, 7) is 4.96. The van der Waals surface area contributed by atoms with E-state index in [2.05, 4.69) is 4.72 Å². The summed E-state index contributed by atoms with van der Waals surface area (Å²) >= 11 is 0. The molecule has 2 aromatic carbocycles. The summed E-state index contributed by atoms with van der Waals surface area (Å²) in [5.41, 5.74) is 0.668. The van der Waals surface area contributed by atoms with Gasteiger partial charge in [0, 0.05) is 6.54 Å². The third kappa shape index (κ3) is 3.95. The first kappa shape index (κ1) is 18.4. The van der Waals surface area contributed by atoms with Crippen LogP contribution in [0, 0.1) is 13.8 Å².